The van der Waals surface area contributed by atoms with Crippen LogP contribution in [0.15, 0.2) is 39.8 Å². The summed E-state index contributed by atoms with van der Waals surface area (Å²) in [4.78, 5) is 9.97. The van der Waals surface area contributed by atoms with Gasteiger partial charge in [0.1, 0.15) is 11.6 Å². The van der Waals surface area contributed by atoms with Crippen LogP contribution in [0.2, 0.25) is 5.02 Å². The normalized spacial score (nSPS) is 10.6. The summed E-state index contributed by atoms with van der Waals surface area (Å²) in [5.41, 5.74) is 0. The number of anilines is 1. The molecule has 106 valence electrons. The number of nitrogens with one attached hydrogen (secondary N) is 1. The molecule has 0 saturated carbocycles. The van der Waals surface area contributed by atoms with Crippen LogP contribution in [0.1, 0.15) is 19.2 Å². The minimum absolute atomic E-state index is 0.717. The van der Waals surface area contributed by atoms with Crippen LogP contribution in [0.4, 0.5) is 5.82 Å². The first-order valence-corrected chi connectivity index (χ1v) is 8.48. The summed E-state index contributed by atoms with van der Waals surface area (Å²) in [5.74, 6) is 2.37. The Morgan fingerprint density at radius 3 is 3.00 bits per heavy atom. The molecule has 2 aromatic rings. The second-order valence-electron chi connectivity index (χ2n) is 4.16. The lowest BCUT2D eigenvalue weighted by atomic mass is 10.4. The zero-order valence-electron chi connectivity index (χ0n) is 11.1. The molecule has 0 amide bonds. The third kappa shape index (κ3) is 4.65. The van der Waals surface area contributed by atoms with E-state index in [0.29, 0.717) is 5.75 Å². The van der Waals surface area contributed by atoms with Crippen molar-refractivity contribution in [2.45, 2.75) is 24.0 Å². The molecule has 2 rings (SSSR count). The highest BCUT2D eigenvalue weighted by molar-refractivity contribution is 9.10. The zero-order valence-corrected chi connectivity index (χ0v) is 14.2. The summed E-state index contributed by atoms with van der Waals surface area (Å²) in [5, 5.41) is 4.03. The molecule has 0 atom stereocenters. The van der Waals surface area contributed by atoms with Gasteiger partial charge in [0.05, 0.1) is 10.2 Å². The number of nitrogens with zero attached hydrogens (tertiary/aromatic N) is 2. The molecule has 0 unspecified atom stereocenters. The molecular weight excluding hydrogens is 358 g/mol. The van der Waals surface area contributed by atoms with Crippen LogP contribution in [0.5, 0.6) is 0 Å². The van der Waals surface area contributed by atoms with Gasteiger partial charge in [-0.15, -0.1) is 11.8 Å². The molecule has 1 aromatic heterocycles. The molecule has 0 fully saturated rings. The first-order chi connectivity index (χ1) is 9.69. The number of hydrogen-bond donors (Lipinski definition) is 1. The molecule has 0 radical (unpaired) electrons. The molecule has 1 N–H and O–H groups in total. The molecule has 0 aliphatic carbocycles. The van der Waals surface area contributed by atoms with Gasteiger partial charge in [0.25, 0.3) is 0 Å². The van der Waals surface area contributed by atoms with E-state index in [2.05, 4.69) is 38.1 Å². The molecule has 1 aromatic carbocycles. The van der Waals surface area contributed by atoms with E-state index in [0.717, 1.165) is 39.0 Å². The van der Waals surface area contributed by atoms with Crippen molar-refractivity contribution in [1.82, 2.24) is 9.97 Å². The van der Waals surface area contributed by atoms with Crippen LogP contribution >= 0.6 is 39.3 Å². The second kappa shape index (κ2) is 7.86. The summed E-state index contributed by atoms with van der Waals surface area (Å²) in [6, 6.07) is 7.79. The van der Waals surface area contributed by atoms with Crippen molar-refractivity contribution in [2.75, 3.05) is 11.9 Å². The van der Waals surface area contributed by atoms with E-state index >= 15 is 0 Å². The van der Waals surface area contributed by atoms with Gasteiger partial charge in [0, 0.05) is 22.7 Å². The lowest BCUT2D eigenvalue weighted by Crippen LogP contribution is -2.05. The van der Waals surface area contributed by atoms with Crippen LogP contribution in [0.3, 0.4) is 0 Å². The number of thioether (sulfide) groups is 1. The van der Waals surface area contributed by atoms with Gasteiger partial charge in [0.2, 0.25) is 0 Å². The molecule has 20 heavy (non-hydrogen) atoms. The van der Waals surface area contributed by atoms with Crippen molar-refractivity contribution in [2.24, 2.45) is 0 Å². The predicted molar refractivity (Wildman–Crippen MR) is 89.5 cm³/mol. The zero-order chi connectivity index (χ0) is 14.4. The Kier molecular flexibility index (Phi) is 6.13. The summed E-state index contributed by atoms with van der Waals surface area (Å²) < 4.78 is 0.891. The maximum absolute atomic E-state index is 5.97. The molecular formula is C14H15BrClN3S. The Hall–Kier alpha value is -0.780. The number of rotatable bonds is 6. The van der Waals surface area contributed by atoms with Crippen molar-refractivity contribution in [3.8, 4) is 0 Å². The third-order valence-corrected chi connectivity index (χ3v) is 4.31. The average Bonchev–Trinajstić information content (AvgIpc) is 2.45. The minimum Gasteiger partial charge on any atom is -0.369 e. The van der Waals surface area contributed by atoms with E-state index in [9.17, 15) is 0 Å². The van der Waals surface area contributed by atoms with Gasteiger partial charge < -0.3 is 5.32 Å². The SMILES string of the molecule is CCCNc1nc(CSc2cccc(Cl)c2)ncc1Br. The molecule has 3 nitrogen and oxygen atoms in total. The monoisotopic (exact) mass is 371 g/mol. The molecule has 0 bridgehead atoms. The first-order valence-electron chi connectivity index (χ1n) is 6.32. The van der Waals surface area contributed by atoms with Gasteiger partial charge in [-0.05, 0) is 40.5 Å². The highest BCUT2D eigenvalue weighted by atomic mass is 79.9. The minimum atomic E-state index is 0.717. The average molecular weight is 373 g/mol. The second-order valence-corrected chi connectivity index (χ2v) is 6.50. The summed E-state index contributed by atoms with van der Waals surface area (Å²) in [6.07, 6.45) is 2.85. The van der Waals surface area contributed by atoms with Crippen molar-refractivity contribution >= 4 is 45.1 Å². The van der Waals surface area contributed by atoms with E-state index in [-0.39, 0.29) is 0 Å². The van der Waals surface area contributed by atoms with Crippen LogP contribution < -0.4 is 5.32 Å². The molecule has 0 spiro atoms. The highest BCUT2D eigenvalue weighted by Crippen LogP contribution is 2.25. The van der Waals surface area contributed by atoms with Crippen molar-refractivity contribution in [3.63, 3.8) is 0 Å². The quantitative estimate of drug-likeness (QED) is 0.724. The van der Waals surface area contributed by atoms with E-state index < -0.39 is 0 Å². The summed E-state index contributed by atoms with van der Waals surface area (Å²) in [6.45, 7) is 3.02. The van der Waals surface area contributed by atoms with Gasteiger partial charge >= 0.3 is 0 Å². The summed E-state index contributed by atoms with van der Waals surface area (Å²) >= 11 is 11.1. The third-order valence-electron chi connectivity index (χ3n) is 2.50. The van der Waals surface area contributed by atoms with Crippen molar-refractivity contribution in [3.05, 3.63) is 45.8 Å². The standard InChI is InChI=1S/C14H15BrClN3S/c1-2-6-17-14-12(15)8-18-13(19-14)9-20-11-5-3-4-10(16)7-11/h3-5,7-8H,2,6,9H2,1H3,(H,17,18,19). The Labute approximate surface area is 136 Å². The van der Waals surface area contributed by atoms with E-state index in [1.165, 1.54) is 0 Å². The Morgan fingerprint density at radius 2 is 2.25 bits per heavy atom. The fourth-order valence-electron chi connectivity index (χ4n) is 1.55. The van der Waals surface area contributed by atoms with Gasteiger partial charge in [-0.3, -0.25) is 0 Å². The molecule has 6 heteroatoms. The Morgan fingerprint density at radius 1 is 1.40 bits per heavy atom. The number of aromatic nitrogens is 2. The maximum atomic E-state index is 5.97. The molecule has 0 aliphatic heterocycles. The maximum Gasteiger partial charge on any atom is 0.144 e. The van der Waals surface area contributed by atoms with Crippen molar-refractivity contribution in [1.29, 1.82) is 0 Å². The number of benzene rings is 1. The van der Waals surface area contributed by atoms with E-state index in [1.54, 1.807) is 18.0 Å². The predicted octanol–water partition coefficient (Wildman–Crippen LogP) is 5.01. The fraction of sp³-hybridized carbons (Fsp3) is 0.286. The van der Waals surface area contributed by atoms with Crippen LogP contribution in [-0.2, 0) is 5.75 Å². The first kappa shape index (κ1) is 15.6. The lowest BCUT2D eigenvalue weighted by Gasteiger charge is -2.08. The molecule has 0 aliphatic rings. The van der Waals surface area contributed by atoms with Gasteiger partial charge in [-0.1, -0.05) is 24.6 Å². The van der Waals surface area contributed by atoms with E-state index in [4.69, 9.17) is 11.6 Å². The van der Waals surface area contributed by atoms with Gasteiger partial charge in [-0.2, -0.15) is 0 Å². The number of hydrogen-bond acceptors (Lipinski definition) is 4. The Bertz CT molecular complexity index is 580. The highest BCUT2D eigenvalue weighted by Gasteiger charge is 2.05. The van der Waals surface area contributed by atoms with Crippen LogP contribution in [0.25, 0.3) is 0 Å². The summed E-state index contributed by atoms with van der Waals surface area (Å²) in [7, 11) is 0. The van der Waals surface area contributed by atoms with Gasteiger partial charge in [-0.25, -0.2) is 9.97 Å². The largest absolute Gasteiger partial charge is 0.369 e. The van der Waals surface area contributed by atoms with E-state index in [1.807, 2.05) is 24.3 Å². The molecule has 0 saturated heterocycles. The van der Waals surface area contributed by atoms with Crippen LogP contribution in [0, 0.1) is 0 Å². The van der Waals surface area contributed by atoms with Crippen molar-refractivity contribution < 1.29 is 0 Å². The number of halogens is 2. The topological polar surface area (TPSA) is 37.8 Å². The molecule has 1 heterocycles. The van der Waals surface area contributed by atoms with Crippen LogP contribution in [-0.4, -0.2) is 16.5 Å². The Balaban J connectivity index is 2.02. The smallest absolute Gasteiger partial charge is 0.144 e. The fourth-order valence-corrected chi connectivity index (χ4v) is 2.95. The van der Waals surface area contributed by atoms with Gasteiger partial charge in [0.15, 0.2) is 0 Å². The lowest BCUT2D eigenvalue weighted by molar-refractivity contribution is 0.946.